The Bertz CT molecular complexity index is 346. The van der Waals surface area contributed by atoms with Gasteiger partial charge in [-0.15, -0.1) is 0 Å². The zero-order chi connectivity index (χ0) is 13.1. The second-order valence-electron chi connectivity index (χ2n) is 6.18. The van der Waals surface area contributed by atoms with Crippen molar-refractivity contribution in [2.24, 2.45) is 5.73 Å². The number of hydrogen-bond acceptors (Lipinski definition) is 2. The van der Waals surface area contributed by atoms with E-state index in [0.717, 1.165) is 13.0 Å². The average Bonchev–Trinajstić information content (AvgIpc) is 2.15. The zero-order valence-electron chi connectivity index (χ0n) is 11.7. The minimum atomic E-state index is -0.149. The number of benzene rings is 1. The Kier molecular flexibility index (Phi) is 4.34. The summed E-state index contributed by atoms with van der Waals surface area (Å²) >= 11 is 0. The third kappa shape index (κ3) is 4.49. The fraction of sp³-hybridized carbons (Fsp3) is 0.600. The molecular formula is C15H25NO. The van der Waals surface area contributed by atoms with Crippen molar-refractivity contribution in [3.05, 3.63) is 35.4 Å². The Morgan fingerprint density at radius 3 is 2.00 bits per heavy atom. The standard InChI is InChI=1S/C15H25NO/c1-14(2,11-17-5)13-8-6-12(7-9-13)10-15(3,4)16/h6-9H,10-11,16H2,1-5H3. The van der Waals surface area contributed by atoms with Crippen LogP contribution in [0.25, 0.3) is 0 Å². The topological polar surface area (TPSA) is 35.2 Å². The van der Waals surface area contributed by atoms with Gasteiger partial charge in [-0.1, -0.05) is 38.1 Å². The second-order valence-corrected chi connectivity index (χ2v) is 6.18. The smallest absolute Gasteiger partial charge is 0.0553 e. The molecule has 0 aromatic heterocycles. The van der Waals surface area contributed by atoms with Gasteiger partial charge in [0.05, 0.1) is 6.61 Å². The molecule has 0 radical (unpaired) electrons. The molecule has 0 saturated carbocycles. The van der Waals surface area contributed by atoms with Gasteiger partial charge < -0.3 is 10.5 Å². The van der Waals surface area contributed by atoms with Crippen molar-refractivity contribution < 1.29 is 4.74 Å². The van der Waals surface area contributed by atoms with Crippen LogP contribution < -0.4 is 5.73 Å². The summed E-state index contributed by atoms with van der Waals surface area (Å²) in [4.78, 5) is 0. The van der Waals surface area contributed by atoms with Gasteiger partial charge in [0.1, 0.15) is 0 Å². The fourth-order valence-electron chi connectivity index (χ4n) is 2.04. The SMILES string of the molecule is COCC(C)(C)c1ccc(CC(C)(C)N)cc1. The van der Waals surface area contributed by atoms with Gasteiger partial charge in [-0.2, -0.15) is 0 Å². The lowest BCUT2D eigenvalue weighted by atomic mass is 9.84. The summed E-state index contributed by atoms with van der Waals surface area (Å²) in [6.45, 7) is 9.22. The quantitative estimate of drug-likeness (QED) is 0.851. The van der Waals surface area contributed by atoms with E-state index in [0.29, 0.717) is 0 Å². The molecule has 2 nitrogen and oxygen atoms in total. The highest BCUT2D eigenvalue weighted by atomic mass is 16.5. The van der Waals surface area contributed by atoms with E-state index in [9.17, 15) is 0 Å². The predicted molar refractivity (Wildman–Crippen MR) is 73.3 cm³/mol. The second kappa shape index (κ2) is 5.19. The Hall–Kier alpha value is -0.860. The molecule has 0 bridgehead atoms. The molecule has 0 saturated heterocycles. The van der Waals surface area contributed by atoms with Gasteiger partial charge in [0.2, 0.25) is 0 Å². The summed E-state index contributed by atoms with van der Waals surface area (Å²) in [5, 5.41) is 0. The van der Waals surface area contributed by atoms with Gasteiger partial charge in [-0.25, -0.2) is 0 Å². The molecule has 0 amide bonds. The minimum absolute atomic E-state index is 0.0610. The van der Waals surface area contributed by atoms with Crippen LogP contribution in [0.15, 0.2) is 24.3 Å². The lowest BCUT2D eigenvalue weighted by Crippen LogP contribution is -2.34. The predicted octanol–water partition coefficient (Wildman–Crippen LogP) is 2.89. The van der Waals surface area contributed by atoms with E-state index in [1.54, 1.807) is 7.11 Å². The maximum Gasteiger partial charge on any atom is 0.0553 e. The summed E-state index contributed by atoms with van der Waals surface area (Å²) in [6, 6.07) is 8.70. The molecule has 0 unspecified atom stereocenters. The monoisotopic (exact) mass is 235 g/mol. The van der Waals surface area contributed by atoms with E-state index in [4.69, 9.17) is 10.5 Å². The largest absolute Gasteiger partial charge is 0.384 e. The molecule has 0 heterocycles. The number of rotatable bonds is 5. The first-order valence-electron chi connectivity index (χ1n) is 6.12. The van der Waals surface area contributed by atoms with E-state index in [1.165, 1.54) is 11.1 Å². The maximum atomic E-state index is 6.02. The third-order valence-corrected chi connectivity index (χ3v) is 2.90. The van der Waals surface area contributed by atoms with Crippen molar-refractivity contribution in [1.82, 2.24) is 0 Å². The van der Waals surface area contributed by atoms with E-state index < -0.39 is 0 Å². The van der Waals surface area contributed by atoms with E-state index >= 15 is 0 Å². The first-order chi connectivity index (χ1) is 7.74. The Morgan fingerprint density at radius 1 is 1.06 bits per heavy atom. The molecule has 0 aliphatic carbocycles. The lowest BCUT2D eigenvalue weighted by molar-refractivity contribution is 0.146. The molecule has 0 aliphatic heterocycles. The fourth-order valence-corrected chi connectivity index (χ4v) is 2.04. The normalized spacial score (nSPS) is 12.8. The minimum Gasteiger partial charge on any atom is -0.384 e. The van der Waals surface area contributed by atoms with Crippen molar-refractivity contribution >= 4 is 0 Å². The third-order valence-electron chi connectivity index (χ3n) is 2.90. The molecule has 0 aliphatic rings. The van der Waals surface area contributed by atoms with Crippen LogP contribution in [0, 0.1) is 0 Å². The number of nitrogens with two attached hydrogens (primary N) is 1. The van der Waals surface area contributed by atoms with Crippen LogP contribution in [-0.2, 0) is 16.6 Å². The summed E-state index contributed by atoms with van der Waals surface area (Å²) in [5.41, 5.74) is 8.52. The molecule has 96 valence electrons. The lowest BCUT2D eigenvalue weighted by Gasteiger charge is -2.25. The van der Waals surface area contributed by atoms with Crippen LogP contribution in [0.3, 0.4) is 0 Å². The van der Waals surface area contributed by atoms with Crippen molar-refractivity contribution in [2.45, 2.75) is 45.1 Å². The van der Waals surface area contributed by atoms with Crippen LogP contribution >= 0.6 is 0 Å². The molecule has 0 spiro atoms. The molecule has 1 aromatic rings. The summed E-state index contributed by atoms with van der Waals surface area (Å²) in [6.07, 6.45) is 0.901. The van der Waals surface area contributed by atoms with Crippen LogP contribution in [0.1, 0.15) is 38.8 Å². The van der Waals surface area contributed by atoms with Crippen molar-refractivity contribution in [2.75, 3.05) is 13.7 Å². The summed E-state index contributed by atoms with van der Waals surface area (Å²) < 4.78 is 5.25. The first-order valence-corrected chi connectivity index (χ1v) is 6.12. The Labute approximate surface area is 105 Å². The van der Waals surface area contributed by atoms with Crippen molar-refractivity contribution in [3.8, 4) is 0 Å². The molecular weight excluding hydrogens is 210 g/mol. The van der Waals surface area contributed by atoms with Crippen molar-refractivity contribution in [1.29, 1.82) is 0 Å². The van der Waals surface area contributed by atoms with Crippen LogP contribution in [-0.4, -0.2) is 19.3 Å². The number of hydrogen-bond donors (Lipinski definition) is 1. The molecule has 2 N–H and O–H groups in total. The van der Waals surface area contributed by atoms with Gasteiger partial charge in [0, 0.05) is 18.1 Å². The highest BCUT2D eigenvalue weighted by molar-refractivity contribution is 5.29. The highest BCUT2D eigenvalue weighted by Crippen LogP contribution is 2.24. The van der Waals surface area contributed by atoms with Gasteiger partial charge in [0.15, 0.2) is 0 Å². The van der Waals surface area contributed by atoms with E-state index in [1.807, 2.05) is 0 Å². The van der Waals surface area contributed by atoms with Crippen LogP contribution in [0.4, 0.5) is 0 Å². The average molecular weight is 235 g/mol. The van der Waals surface area contributed by atoms with Crippen molar-refractivity contribution in [3.63, 3.8) is 0 Å². The van der Waals surface area contributed by atoms with Gasteiger partial charge in [-0.05, 0) is 31.4 Å². The van der Waals surface area contributed by atoms with E-state index in [-0.39, 0.29) is 11.0 Å². The first kappa shape index (κ1) is 14.2. The zero-order valence-corrected chi connectivity index (χ0v) is 11.7. The molecule has 0 fully saturated rings. The molecule has 0 atom stereocenters. The molecule has 17 heavy (non-hydrogen) atoms. The Balaban J connectivity index is 2.81. The highest BCUT2D eigenvalue weighted by Gasteiger charge is 2.20. The number of methoxy groups -OCH3 is 1. The molecule has 1 aromatic carbocycles. The number of ether oxygens (including phenoxy) is 1. The van der Waals surface area contributed by atoms with E-state index in [2.05, 4.69) is 52.0 Å². The Morgan fingerprint density at radius 2 is 1.59 bits per heavy atom. The molecule has 1 rings (SSSR count). The van der Waals surface area contributed by atoms with Gasteiger partial charge in [-0.3, -0.25) is 0 Å². The van der Waals surface area contributed by atoms with Crippen LogP contribution in [0.5, 0.6) is 0 Å². The van der Waals surface area contributed by atoms with Gasteiger partial charge in [0.25, 0.3) is 0 Å². The summed E-state index contributed by atoms with van der Waals surface area (Å²) in [7, 11) is 1.74. The molecule has 2 heteroatoms. The van der Waals surface area contributed by atoms with Crippen LogP contribution in [0.2, 0.25) is 0 Å². The maximum absolute atomic E-state index is 6.02. The summed E-state index contributed by atoms with van der Waals surface area (Å²) in [5.74, 6) is 0. The van der Waals surface area contributed by atoms with Gasteiger partial charge >= 0.3 is 0 Å².